The highest BCUT2D eigenvalue weighted by Gasteiger charge is 2.04. The average Bonchev–Trinajstić information content (AvgIpc) is 2.56. The highest BCUT2D eigenvalue weighted by Crippen LogP contribution is 2.29. The molecular formula is C18H16N2O. The molecule has 21 heavy (non-hydrogen) atoms. The molecule has 104 valence electrons. The second-order valence-electron chi connectivity index (χ2n) is 4.59. The molecule has 2 aromatic carbocycles. The maximum absolute atomic E-state index is 5.92. The van der Waals surface area contributed by atoms with E-state index in [4.69, 9.17) is 4.74 Å². The third-order valence-electron chi connectivity index (χ3n) is 3.04. The van der Waals surface area contributed by atoms with Crippen LogP contribution in [0.1, 0.15) is 5.69 Å². The van der Waals surface area contributed by atoms with Crippen molar-refractivity contribution in [2.24, 2.45) is 0 Å². The monoisotopic (exact) mass is 276 g/mol. The molecule has 0 amide bonds. The van der Waals surface area contributed by atoms with E-state index in [1.165, 1.54) is 0 Å². The highest BCUT2D eigenvalue weighted by molar-refractivity contribution is 5.57. The van der Waals surface area contributed by atoms with Gasteiger partial charge in [-0.1, -0.05) is 36.4 Å². The van der Waals surface area contributed by atoms with Crippen LogP contribution in [-0.4, -0.2) is 4.98 Å². The summed E-state index contributed by atoms with van der Waals surface area (Å²) < 4.78 is 5.92. The Bertz CT molecular complexity index is 684. The fourth-order valence-corrected chi connectivity index (χ4v) is 2.01. The fraction of sp³-hybridized carbons (Fsp3) is 0.0556. The van der Waals surface area contributed by atoms with Crippen molar-refractivity contribution in [3.8, 4) is 11.5 Å². The zero-order valence-electron chi connectivity index (χ0n) is 11.6. The minimum atomic E-state index is 0.663. The van der Waals surface area contributed by atoms with Gasteiger partial charge in [0.05, 0.1) is 17.9 Å². The quantitative estimate of drug-likeness (QED) is 0.745. The Labute approximate surface area is 124 Å². The van der Waals surface area contributed by atoms with Crippen molar-refractivity contribution in [2.75, 3.05) is 5.32 Å². The Morgan fingerprint density at radius 2 is 1.57 bits per heavy atom. The van der Waals surface area contributed by atoms with Crippen molar-refractivity contribution in [3.05, 3.63) is 84.7 Å². The number of rotatable bonds is 5. The molecule has 3 rings (SSSR count). The third-order valence-corrected chi connectivity index (χ3v) is 3.04. The minimum Gasteiger partial charge on any atom is -0.455 e. The maximum atomic E-state index is 5.92. The predicted octanol–water partition coefficient (Wildman–Crippen LogP) is 4.49. The first-order chi connectivity index (χ1) is 10.4. The van der Waals surface area contributed by atoms with E-state index in [1.54, 1.807) is 6.20 Å². The predicted molar refractivity (Wildman–Crippen MR) is 84.5 cm³/mol. The molecule has 0 fully saturated rings. The molecule has 0 unspecified atom stereocenters. The van der Waals surface area contributed by atoms with Gasteiger partial charge in [-0.05, 0) is 36.4 Å². The normalized spacial score (nSPS) is 10.1. The number of para-hydroxylation sites is 3. The molecule has 0 saturated carbocycles. The van der Waals surface area contributed by atoms with Gasteiger partial charge in [0, 0.05) is 6.20 Å². The summed E-state index contributed by atoms with van der Waals surface area (Å²) in [5, 5.41) is 3.36. The first-order valence-electron chi connectivity index (χ1n) is 6.87. The molecule has 0 radical (unpaired) electrons. The number of benzene rings is 2. The Hall–Kier alpha value is -2.81. The summed E-state index contributed by atoms with van der Waals surface area (Å²) in [4.78, 5) is 4.30. The molecule has 0 aliphatic carbocycles. The number of ether oxygens (including phenoxy) is 1. The van der Waals surface area contributed by atoms with Gasteiger partial charge in [0.1, 0.15) is 5.75 Å². The molecular weight excluding hydrogens is 260 g/mol. The van der Waals surface area contributed by atoms with E-state index in [-0.39, 0.29) is 0 Å². The van der Waals surface area contributed by atoms with Crippen molar-refractivity contribution < 1.29 is 4.74 Å². The molecule has 0 aliphatic rings. The summed E-state index contributed by atoms with van der Waals surface area (Å²) in [6, 6.07) is 23.6. The molecule has 0 atom stereocenters. The molecule has 1 aromatic heterocycles. The first kappa shape index (κ1) is 13.2. The van der Waals surface area contributed by atoms with Crippen molar-refractivity contribution >= 4 is 5.69 Å². The molecule has 1 N–H and O–H groups in total. The average molecular weight is 276 g/mol. The van der Waals surface area contributed by atoms with Gasteiger partial charge in [-0.2, -0.15) is 0 Å². The lowest BCUT2D eigenvalue weighted by atomic mass is 10.2. The molecule has 0 spiro atoms. The van der Waals surface area contributed by atoms with Gasteiger partial charge >= 0.3 is 0 Å². The summed E-state index contributed by atoms with van der Waals surface area (Å²) in [7, 11) is 0. The van der Waals surface area contributed by atoms with E-state index in [2.05, 4.69) is 10.3 Å². The van der Waals surface area contributed by atoms with Gasteiger partial charge in [0.2, 0.25) is 0 Å². The van der Waals surface area contributed by atoms with Crippen LogP contribution in [0.2, 0.25) is 0 Å². The molecule has 0 saturated heterocycles. The van der Waals surface area contributed by atoms with Crippen LogP contribution in [0, 0.1) is 0 Å². The fourth-order valence-electron chi connectivity index (χ4n) is 2.01. The summed E-state index contributed by atoms with van der Waals surface area (Å²) in [6.45, 7) is 0.663. The van der Waals surface area contributed by atoms with Gasteiger partial charge in [0.15, 0.2) is 5.75 Å². The zero-order valence-corrected chi connectivity index (χ0v) is 11.6. The minimum absolute atomic E-state index is 0.663. The summed E-state index contributed by atoms with van der Waals surface area (Å²) >= 11 is 0. The van der Waals surface area contributed by atoms with Crippen LogP contribution < -0.4 is 10.1 Å². The number of nitrogens with zero attached hydrogens (tertiary/aromatic N) is 1. The largest absolute Gasteiger partial charge is 0.455 e. The number of nitrogens with one attached hydrogen (secondary N) is 1. The summed E-state index contributed by atoms with van der Waals surface area (Å²) in [6.07, 6.45) is 1.80. The molecule has 3 heteroatoms. The third kappa shape index (κ3) is 3.60. The SMILES string of the molecule is c1ccc(Oc2ccccc2NCc2ccccn2)cc1. The number of aromatic nitrogens is 1. The zero-order chi connectivity index (χ0) is 14.3. The number of hydrogen-bond acceptors (Lipinski definition) is 3. The summed E-state index contributed by atoms with van der Waals surface area (Å²) in [5.41, 5.74) is 1.94. The molecule has 3 aromatic rings. The Morgan fingerprint density at radius 1 is 0.810 bits per heavy atom. The van der Waals surface area contributed by atoms with E-state index < -0.39 is 0 Å². The Balaban J connectivity index is 1.73. The van der Waals surface area contributed by atoms with Crippen molar-refractivity contribution in [3.63, 3.8) is 0 Å². The van der Waals surface area contributed by atoms with Crippen molar-refractivity contribution in [1.29, 1.82) is 0 Å². The number of hydrogen-bond donors (Lipinski definition) is 1. The second-order valence-corrected chi connectivity index (χ2v) is 4.59. The van der Waals surface area contributed by atoms with Crippen LogP contribution in [0.25, 0.3) is 0 Å². The highest BCUT2D eigenvalue weighted by atomic mass is 16.5. The smallest absolute Gasteiger partial charge is 0.150 e. The topological polar surface area (TPSA) is 34.1 Å². The van der Waals surface area contributed by atoms with Crippen LogP contribution >= 0.6 is 0 Å². The van der Waals surface area contributed by atoms with Gasteiger partial charge in [-0.3, -0.25) is 4.98 Å². The van der Waals surface area contributed by atoms with Crippen LogP contribution in [0.15, 0.2) is 79.0 Å². The van der Waals surface area contributed by atoms with E-state index >= 15 is 0 Å². The Kier molecular flexibility index (Phi) is 4.12. The van der Waals surface area contributed by atoms with Gasteiger partial charge < -0.3 is 10.1 Å². The number of anilines is 1. The lowest BCUT2D eigenvalue weighted by Gasteiger charge is -2.12. The van der Waals surface area contributed by atoms with Crippen molar-refractivity contribution in [1.82, 2.24) is 4.98 Å². The lowest BCUT2D eigenvalue weighted by molar-refractivity contribution is 0.484. The van der Waals surface area contributed by atoms with Gasteiger partial charge in [-0.25, -0.2) is 0 Å². The summed E-state index contributed by atoms with van der Waals surface area (Å²) in [5.74, 6) is 1.63. The molecule has 1 heterocycles. The second kappa shape index (κ2) is 6.57. The molecule has 3 nitrogen and oxygen atoms in total. The van der Waals surface area contributed by atoms with E-state index in [9.17, 15) is 0 Å². The maximum Gasteiger partial charge on any atom is 0.150 e. The van der Waals surface area contributed by atoms with Crippen LogP contribution in [0.4, 0.5) is 5.69 Å². The van der Waals surface area contributed by atoms with Crippen LogP contribution in [0.5, 0.6) is 11.5 Å². The van der Waals surface area contributed by atoms with E-state index in [0.717, 1.165) is 22.9 Å². The first-order valence-corrected chi connectivity index (χ1v) is 6.87. The molecule has 0 bridgehead atoms. The van der Waals surface area contributed by atoms with Gasteiger partial charge in [0.25, 0.3) is 0 Å². The van der Waals surface area contributed by atoms with Crippen LogP contribution in [-0.2, 0) is 6.54 Å². The van der Waals surface area contributed by atoms with Gasteiger partial charge in [-0.15, -0.1) is 0 Å². The van der Waals surface area contributed by atoms with Crippen molar-refractivity contribution in [2.45, 2.75) is 6.54 Å². The Morgan fingerprint density at radius 3 is 2.38 bits per heavy atom. The van der Waals surface area contributed by atoms with E-state index in [0.29, 0.717) is 6.54 Å². The standard InChI is InChI=1S/C18H16N2O/c1-2-9-16(10-3-1)21-18-12-5-4-11-17(18)20-14-15-8-6-7-13-19-15/h1-13,20H,14H2. The molecule has 0 aliphatic heterocycles. The number of pyridine rings is 1. The van der Waals surface area contributed by atoms with Crippen LogP contribution in [0.3, 0.4) is 0 Å². The lowest BCUT2D eigenvalue weighted by Crippen LogP contribution is -2.02. The van der Waals surface area contributed by atoms with E-state index in [1.807, 2.05) is 72.8 Å².